The molecule has 0 unspecified atom stereocenters. The van der Waals surface area contributed by atoms with E-state index in [0.717, 1.165) is 29.9 Å². The summed E-state index contributed by atoms with van der Waals surface area (Å²) in [6, 6.07) is 10.1. The van der Waals surface area contributed by atoms with Crippen LogP contribution in [0.15, 0.2) is 53.2 Å². The van der Waals surface area contributed by atoms with Crippen molar-refractivity contribution in [3.63, 3.8) is 0 Å². The monoisotopic (exact) mass is 439 g/mol. The zero-order valence-corrected chi connectivity index (χ0v) is 17.2. The van der Waals surface area contributed by atoms with Crippen molar-refractivity contribution in [3.05, 3.63) is 59.6 Å². The van der Waals surface area contributed by atoms with Gasteiger partial charge in [0.15, 0.2) is 5.58 Å². The van der Waals surface area contributed by atoms with E-state index in [1.54, 1.807) is 18.5 Å². The number of pyridine rings is 2. The minimum atomic E-state index is -0.488. The van der Waals surface area contributed by atoms with Gasteiger partial charge >= 0.3 is 0 Å². The standard InChI is InChI=1S/C22H19ClFN5O2/c23-16-12-14(1-2-17(16)24)28-20-15-4-6-27-19(21(15)31-22(20)25)13-3-5-26-18(11-13)29-7-9-30-10-8-29/h1-6,11-12,28H,7-10,25H2. The molecule has 1 saturated heterocycles. The van der Waals surface area contributed by atoms with Gasteiger partial charge in [0, 0.05) is 36.7 Å². The minimum absolute atomic E-state index is 0.0196. The molecule has 31 heavy (non-hydrogen) atoms. The summed E-state index contributed by atoms with van der Waals surface area (Å²) >= 11 is 5.90. The van der Waals surface area contributed by atoms with Crippen molar-refractivity contribution in [2.45, 2.75) is 0 Å². The number of aromatic nitrogens is 2. The van der Waals surface area contributed by atoms with Crippen LogP contribution in [0.3, 0.4) is 0 Å². The first-order valence-corrected chi connectivity index (χ1v) is 10.2. The van der Waals surface area contributed by atoms with E-state index in [4.69, 9.17) is 26.5 Å². The highest BCUT2D eigenvalue weighted by atomic mass is 35.5. The fourth-order valence-corrected chi connectivity index (χ4v) is 3.81. The highest BCUT2D eigenvalue weighted by Crippen LogP contribution is 2.39. The molecule has 9 heteroatoms. The lowest BCUT2D eigenvalue weighted by molar-refractivity contribution is 0.122. The lowest BCUT2D eigenvalue weighted by atomic mass is 10.1. The first kappa shape index (κ1) is 19.6. The summed E-state index contributed by atoms with van der Waals surface area (Å²) in [5.74, 6) is 0.572. The van der Waals surface area contributed by atoms with Gasteiger partial charge in [-0.1, -0.05) is 11.6 Å². The summed E-state index contributed by atoms with van der Waals surface area (Å²) in [5, 5.41) is 3.95. The molecule has 1 aromatic carbocycles. The smallest absolute Gasteiger partial charge is 0.215 e. The van der Waals surface area contributed by atoms with Crippen molar-refractivity contribution >= 4 is 45.6 Å². The second-order valence-corrected chi connectivity index (χ2v) is 7.54. The third kappa shape index (κ3) is 3.75. The minimum Gasteiger partial charge on any atom is -0.436 e. The molecular weight excluding hydrogens is 421 g/mol. The number of hydrogen-bond donors (Lipinski definition) is 2. The fourth-order valence-electron chi connectivity index (χ4n) is 3.63. The summed E-state index contributed by atoms with van der Waals surface area (Å²) in [4.78, 5) is 11.2. The predicted molar refractivity (Wildman–Crippen MR) is 119 cm³/mol. The average Bonchev–Trinajstić information content (AvgIpc) is 3.12. The van der Waals surface area contributed by atoms with E-state index in [-0.39, 0.29) is 10.9 Å². The van der Waals surface area contributed by atoms with Gasteiger partial charge in [0.1, 0.15) is 23.0 Å². The fraction of sp³-hybridized carbons (Fsp3) is 0.182. The van der Waals surface area contributed by atoms with Crippen LogP contribution in [-0.4, -0.2) is 36.3 Å². The maximum Gasteiger partial charge on any atom is 0.215 e. The Kier molecular flexibility index (Phi) is 5.09. The number of nitrogens with one attached hydrogen (secondary N) is 1. The predicted octanol–water partition coefficient (Wildman–Crippen LogP) is 4.84. The third-order valence-corrected chi connectivity index (χ3v) is 5.46. The largest absolute Gasteiger partial charge is 0.436 e. The molecule has 0 atom stereocenters. The zero-order chi connectivity index (χ0) is 21.4. The lowest BCUT2D eigenvalue weighted by Crippen LogP contribution is -2.36. The van der Waals surface area contributed by atoms with E-state index >= 15 is 0 Å². The Morgan fingerprint density at radius 1 is 1.06 bits per heavy atom. The summed E-state index contributed by atoms with van der Waals surface area (Å²) in [6.07, 6.45) is 3.46. The van der Waals surface area contributed by atoms with Crippen LogP contribution < -0.4 is 16.0 Å². The molecule has 5 rings (SSSR count). The van der Waals surface area contributed by atoms with E-state index in [1.165, 1.54) is 12.1 Å². The van der Waals surface area contributed by atoms with Crippen LogP contribution in [-0.2, 0) is 4.74 Å². The van der Waals surface area contributed by atoms with Crippen LogP contribution in [0.25, 0.3) is 22.2 Å². The molecule has 4 aromatic rings. The molecule has 3 N–H and O–H groups in total. The number of fused-ring (bicyclic) bond motifs is 1. The van der Waals surface area contributed by atoms with Crippen LogP contribution in [0, 0.1) is 5.82 Å². The van der Waals surface area contributed by atoms with Gasteiger partial charge in [-0.2, -0.15) is 0 Å². The van der Waals surface area contributed by atoms with Gasteiger partial charge in [0.2, 0.25) is 5.88 Å². The maximum atomic E-state index is 13.5. The molecular formula is C22H19ClFN5O2. The molecule has 0 aliphatic carbocycles. The van der Waals surface area contributed by atoms with Crippen molar-refractivity contribution in [2.75, 3.05) is 42.3 Å². The van der Waals surface area contributed by atoms with Crippen LogP contribution in [0.4, 0.5) is 27.5 Å². The molecule has 1 aliphatic heterocycles. The van der Waals surface area contributed by atoms with E-state index in [1.807, 2.05) is 18.2 Å². The summed E-state index contributed by atoms with van der Waals surface area (Å²) < 4.78 is 24.8. The number of furan rings is 1. The summed E-state index contributed by atoms with van der Waals surface area (Å²) in [6.45, 7) is 2.93. The Balaban J connectivity index is 1.54. The van der Waals surface area contributed by atoms with E-state index < -0.39 is 5.82 Å². The molecule has 3 aromatic heterocycles. The van der Waals surface area contributed by atoms with Crippen molar-refractivity contribution in [3.8, 4) is 11.3 Å². The molecule has 0 bridgehead atoms. The number of ether oxygens (including phenoxy) is 1. The van der Waals surface area contributed by atoms with Crippen molar-refractivity contribution in [2.24, 2.45) is 0 Å². The number of anilines is 4. The number of nitrogens with two attached hydrogens (primary N) is 1. The van der Waals surface area contributed by atoms with Gasteiger partial charge in [-0.3, -0.25) is 4.98 Å². The van der Waals surface area contributed by atoms with E-state index in [9.17, 15) is 4.39 Å². The van der Waals surface area contributed by atoms with Crippen LogP contribution >= 0.6 is 11.6 Å². The van der Waals surface area contributed by atoms with Gasteiger partial charge in [0.25, 0.3) is 0 Å². The quantitative estimate of drug-likeness (QED) is 0.470. The molecule has 1 fully saturated rings. The van der Waals surface area contributed by atoms with E-state index in [0.29, 0.717) is 35.9 Å². The van der Waals surface area contributed by atoms with Gasteiger partial charge in [-0.15, -0.1) is 0 Å². The van der Waals surface area contributed by atoms with Gasteiger partial charge in [0.05, 0.1) is 23.6 Å². The number of benzene rings is 1. The van der Waals surface area contributed by atoms with E-state index in [2.05, 4.69) is 20.2 Å². The van der Waals surface area contributed by atoms with Crippen LogP contribution in [0.1, 0.15) is 0 Å². The summed E-state index contributed by atoms with van der Waals surface area (Å²) in [7, 11) is 0. The number of nitrogens with zero attached hydrogens (tertiary/aromatic N) is 3. The molecule has 0 spiro atoms. The van der Waals surface area contributed by atoms with Crippen molar-refractivity contribution < 1.29 is 13.5 Å². The van der Waals surface area contributed by atoms with Crippen LogP contribution in [0.5, 0.6) is 0 Å². The Bertz CT molecular complexity index is 1260. The first-order chi connectivity index (χ1) is 15.1. The molecule has 0 amide bonds. The van der Waals surface area contributed by atoms with Gasteiger partial charge in [-0.05, 0) is 36.4 Å². The normalized spacial score (nSPS) is 14.2. The van der Waals surface area contributed by atoms with Gasteiger partial charge in [-0.25, -0.2) is 9.37 Å². The Labute approximate surface area is 182 Å². The molecule has 1 aliphatic rings. The molecule has 0 saturated carbocycles. The molecule has 158 valence electrons. The van der Waals surface area contributed by atoms with Crippen molar-refractivity contribution in [1.29, 1.82) is 0 Å². The number of morpholine rings is 1. The molecule has 7 nitrogen and oxygen atoms in total. The van der Waals surface area contributed by atoms with Crippen molar-refractivity contribution in [1.82, 2.24) is 9.97 Å². The average molecular weight is 440 g/mol. The van der Waals surface area contributed by atoms with Crippen LogP contribution in [0.2, 0.25) is 5.02 Å². The second-order valence-electron chi connectivity index (χ2n) is 7.13. The number of nitrogen functional groups attached to an aromatic ring is 1. The molecule has 4 heterocycles. The lowest BCUT2D eigenvalue weighted by Gasteiger charge is -2.27. The summed E-state index contributed by atoms with van der Waals surface area (Å²) in [5.41, 5.74) is 9.41. The Hall–Kier alpha value is -3.36. The first-order valence-electron chi connectivity index (χ1n) is 9.78. The number of halogens is 2. The number of hydrogen-bond acceptors (Lipinski definition) is 7. The second kappa shape index (κ2) is 8.05. The zero-order valence-electron chi connectivity index (χ0n) is 16.4. The Morgan fingerprint density at radius 3 is 2.68 bits per heavy atom. The Morgan fingerprint density at radius 2 is 1.87 bits per heavy atom. The third-order valence-electron chi connectivity index (χ3n) is 5.18. The maximum absolute atomic E-state index is 13.5. The highest BCUT2D eigenvalue weighted by Gasteiger charge is 2.19. The topological polar surface area (TPSA) is 89.4 Å². The van der Waals surface area contributed by atoms with Gasteiger partial charge < -0.3 is 25.1 Å². The molecule has 0 radical (unpaired) electrons. The highest BCUT2D eigenvalue weighted by molar-refractivity contribution is 6.31. The number of rotatable bonds is 4. The SMILES string of the molecule is Nc1oc2c(-c3ccnc(N4CCOCC4)c3)nccc2c1Nc1ccc(F)c(Cl)c1.